The first kappa shape index (κ1) is 25.3. The number of nitrogens with zero attached hydrogens (tertiary/aromatic N) is 4. The monoisotopic (exact) mass is 562 g/mol. The molecule has 8 nitrogen and oxygen atoms in total. The van der Waals surface area contributed by atoms with Gasteiger partial charge in [-0.2, -0.15) is 12.7 Å². The molecule has 3 fully saturated rings. The van der Waals surface area contributed by atoms with E-state index in [0.717, 1.165) is 66.8 Å². The van der Waals surface area contributed by atoms with Gasteiger partial charge in [0.15, 0.2) is 5.82 Å². The number of H-pyrrole nitrogens is 1. The Morgan fingerprint density at radius 3 is 2.38 bits per heavy atom. The predicted octanol–water partition coefficient (Wildman–Crippen LogP) is 5.91. The van der Waals surface area contributed by atoms with Crippen LogP contribution < -0.4 is 4.72 Å². The minimum Gasteiger partial charge on any atom is -0.346 e. The third kappa shape index (κ3) is 4.46. The van der Waals surface area contributed by atoms with E-state index in [1.807, 2.05) is 6.07 Å². The fourth-order valence-corrected chi connectivity index (χ4v) is 6.81. The van der Waals surface area contributed by atoms with Crippen molar-refractivity contribution in [2.24, 2.45) is 0 Å². The van der Waals surface area contributed by atoms with Gasteiger partial charge < -0.3 is 4.98 Å². The van der Waals surface area contributed by atoms with E-state index in [9.17, 15) is 8.42 Å². The van der Waals surface area contributed by atoms with Crippen LogP contribution in [0.2, 0.25) is 0 Å². The van der Waals surface area contributed by atoms with Crippen molar-refractivity contribution in [3.05, 3.63) is 77.1 Å². The summed E-state index contributed by atoms with van der Waals surface area (Å²) in [6.45, 7) is 0.749. The van der Waals surface area contributed by atoms with E-state index < -0.39 is 21.8 Å². The summed E-state index contributed by atoms with van der Waals surface area (Å²) in [5, 5.41) is 0.708. The Morgan fingerprint density at radius 1 is 0.975 bits per heavy atom. The van der Waals surface area contributed by atoms with Crippen molar-refractivity contribution in [3.63, 3.8) is 0 Å². The lowest BCUT2D eigenvalue weighted by Gasteiger charge is -2.24. The lowest BCUT2D eigenvalue weighted by atomic mass is 9.81. The maximum absolute atomic E-state index is 16.1. The van der Waals surface area contributed by atoms with Crippen LogP contribution in [0.1, 0.15) is 67.8 Å². The smallest absolute Gasteiger partial charge is 0.301 e. The van der Waals surface area contributed by atoms with Gasteiger partial charge in [-0.15, -0.1) is 0 Å². The molecule has 1 aliphatic heterocycles. The molecule has 0 atom stereocenters. The topological polar surface area (TPSA) is 104 Å². The van der Waals surface area contributed by atoms with Gasteiger partial charge in [0.25, 0.3) is 0 Å². The molecule has 2 saturated carbocycles. The quantitative estimate of drug-likeness (QED) is 0.291. The van der Waals surface area contributed by atoms with Crippen molar-refractivity contribution in [2.45, 2.75) is 50.9 Å². The number of halogens is 2. The maximum atomic E-state index is 16.1. The fraction of sp³-hybridized carbons (Fsp3) is 0.345. The Morgan fingerprint density at radius 2 is 1.70 bits per heavy atom. The first-order chi connectivity index (χ1) is 19.4. The third-order valence-electron chi connectivity index (χ3n) is 8.04. The largest absolute Gasteiger partial charge is 0.346 e. The second kappa shape index (κ2) is 9.74. The van der Waals surface area contributed by atoms with Crippen molar-refractivity contribution in [1.82, 2.24) is 24.2 Å². The molecule has 40 heavy (non-hydrogen) atoms. The molecule has 3 aromatic heterocycles. The molecule has 4 heterocycles. The van der Waals surface area contributed by atoms with Gasteiger partial charge in [-0.05, 0) is 68.7 Å². The van der Waals surface area contributed by atoms with Crippen LogP contribution in [0.25, 0.3) is 27.7 Å². The average molecular weight is 563 g/mol. The average Bonchev–Trinajstić information content (AvgIpc) is 3.44. The standard InChI is InChI=1S/C29H28F2N6O2S/c30-23-8-9-24(36-40(38,39)37-10-1-2-11-37)27(31)26(23)25(17-4-3-5-17)22-16-35-29-21(22)12-19(13-34-29)20-14-32-28(33-15-20)18-6-7-18/h8-9,12-16,18,36H,1-7,10-11H2,(H,34,35). The summed E-state index contributed by atoms with van der Waals surface area (Å²) in [7, 11) is -3.96. The van der Waals surface area contributed by atoms with Crippen LogP contribution in [0.5, 0.6) is 0 Å². The lowest BCUT2D eigenvalue weighted by Crippen LogP contribution is -2.33. The molecule has 2 aliphatic carbocycles. The summed E-state index contributed by atoms with van der Waals surface area (Å²) < 4.78 is 61.0. The van der Waals surface area contributed by atoms with Gasteiger partial charge in [-0.1, -0.05) is 5.57 Å². The number of pyridine rings is 1. The van der Waals surface area contributed by atoms with E-state index in [4.69, 9.17) is 0 Å². The molecule has 0 amide bonds. The third-order valence-corrected chi connectivity index (χ3v) is 9.57. The second-order valence-electron chi connectivity index (χ2n) is 10.8. The molecule has 2 N–H and O–H groups in total. The summed E-state index contributed by atoms with van der Waals surface area (Å²) in [4.78, 5) is 16.7. The van der Waals surface area contributed by atoms with E-state index in [2.05, 4.69) is 24.7 Å². The van der Waals surface area contributed by atoms with Crippen LogP contribution in [0.4, 0.5) is 14.5 Å². The highest BCUT2D eigenvalue weighted by atomic mass is 32.2. The van der Waals surface area contributed by atoms with Crippen LogP contribution in [0.3, 0.4) is 0 Å². The number of anilines is 1. The molecular formula is C29H28F2N6O2S. The first-order valence-electron chi connectivity index (χ1n) is 13.7. The molecule has 0 spiro atoms. The number of allylic oxidation sites excluding steroid dienone is 1. The summed E-state index contributed by atoms with van der Waals surface area (Å²) in [6, 6.07) is 4.19. The van der Waals surface area contributed by atoms with Crippen molar-refractivity contribution in [3.8, 4) is 11.1 Å². The van der Waals surface area contributed by atoms with Crippen molar-refractivity contribution >= 4 is 32.5 Å². The SMILES string of the molecule is O=S(=O)(Nc1ccc(F)c(C(=C2CCC2)c2c[nH]c3ncc(-c4cnc(C5CC5)nc4)cc23)c1F)N1CCCC1. The number of aromatic nitrogens is 4. The summed E-state index contributed by atoms with van der Waals surface area (Å²) in [5.74, 6) is -0.385. The zero-order valence-electron chi connectivity index (χ0n) is 21.8. The molecule has 0 bridgehead atoms. The van der Waals surface area contributed by atoms with E-state index in [1.54, 1.807) is 24.8 Å². The molecule has 3 aliphatic rings. The minimum absolute atomic E-state index is 0.236. The Kier molecular flexibility index (Phi) is 6.16. The summed E-state index contributed by atoms with van der Waals surface area (Å²) in [6.07, 6.45) is 13.1. The molecular weight excluding hydrogens is 534 g/mol. The minimum atomic E-state index is -3.96. The first-order valence-corrected chi connectivity index (χ1v) is 15.1. The van der Waals surface area contributed by atoms with Crippen LogP contribution in [-0.2, 0) is 10.2 Å². The van der Waals surface area contributed by atoms with Crippen LogP contribution in [0.15, 0.2) is 48.6 Å². The lowest BCUT2D eigenvalue weighted by molar-refractivity contribution is 0.482. The number of rotatable bonds is 7. The van der Waals surface area contributed by atoms with E-state index >= 15 is 8.78 Å². The van der Waals surface area contributed by atoms with Gasteiger partial charge in [-0.25, -0.2) is 23.7 Å². The van der Waals surface area contributed by atoms with Crippen molar-refractivity contribution in [1.29, 1.82) is 0 Å². The zero-order valence-corrected chi connectivity index (χ0v) is 22.6. The van der Waals surface area contributed by atoms with Crippen molar-refractivity contribution in [2.75, 3.05) is 17.8 Å². The zero-order chi connectivity index (χ0) is 27.4. The second-order valence-corrected chi connectivity index (χ2v) is 12.4. The molecule has 1 aromatic carbocycles. The Hall–Kier alpha value is -3.70. The fourth-order valence-electron chi connectivity index (χ4n) is 5.51. The number of aromatic amines is 1. The number of nitrogens with one attached hydrogen (secondary N) is 2. The van der Waals surface area contributed by atoms with Gasteiger partial charge in [0, 0.05) is 65.9 Å². The molecule has 7 rings (SSSR count). The Balaban J connectivity index is 1.31. The number of benzene rings is 1. The van der Waals surface area contributed by atoms with Crippen LogP contribution >= 0.6 is 0 Å². The summed E-state index contributed by atoms with van der Waals surface area (Å²) in [5.41, 5.74) is 3.65. The molecule has 0 unspecified atom stereocenters. The highest BCUT2D eigenvalue weighted by Crippen LogP contribution is 2.43. The van der Waals surface area contributed by atoms with Gasteiger partial charge in [0.05, 0.1) is 11.3 Å². The van der Waals surface area contributed by atoms with E-state index in [-0.39, 0.29) is 11.3 Å². The van der Waals surface area contributed by atoms with E-state index in [1.165, 1.54) is 4.31 Å². The highest BCUT2D eigenvalue weighted by molar-refractivity contribution is 7.90. The Labute approximate surface area is 230 Å². The molecule has 11 heteroatoms. The predicted molar refractivity (Wildman–Crippen MR) is 149 cm³/mol. The van der Waals surface area contributed by atoms with E-state index in [0.29, 0.717) is 54.0 Å². The molecule has 206 valence electrons. The van der Waals surface area contributed by atoms with Crippen LogP contribution in [0, 0.1) is 11.6 Å². The number of hydrogen-bond acceptors (Lipinski definition) is 5. The highest BCUT2D eigenvalue weighted by Gasteiger charge is 2.30. The van der Waals surface area contributed by atoms with Crippen LogP contribution in [-0.4, -0.2) is 45.7 Å². The normalized spacial score (nSPS) is 17.8. The van der Waals surface area contributed by atoms with Gasteiger partial charge >= 0.3 is 10.2 Å². The summed E-state index contributed by atoms with van der Waals surface area (Å²) >= 11 is 0. The number of fused-ring (bicyclic) bond motifs is 1. The van der Waals surface area contributed by atoms with Crippen molar-refractivity contribution < 1.29 is 17.2 Å². The maximum Gasteiger partial charge on any atom is 0.301 e. The Bertz CT molecular complexity index is 1750. The van der Waals surface area contributed by atoms with Gasteiger partial charge in [0.1, 0.15) is 17.3 Å². The molecule has 4 aromatic rings. The van der Waals surface area contributed by atoms with Gasteiger partial charge in [-0.3, -0.25) is 4.72 Å². The number of hydrogen-bond donors (Lipinski definition) is 2. The molecule has 1 saturated heterocycles. The van der Waals surface area contributed by atoms with Gasteiger partial charge in [0.2, 0.25) is 0 Å². The molecule has 0 radical (unpaired) electrons.